The Kier molecular flexibility index (Phi) is 3.42. The van der Waals surface area contributed by atoms with Gasteiger partial charge in [-0.25, -0.2) is 4.79 Å². The number of rotatable bonds is 4. The highest BCUT2D eigenvalue weighted by atomic mass is 16.6. The third kappa shape index (κ3) is 1.98. The minimum atomic E-state index is -0.871. The van der Waals surface area contributed by atoms with Gasteiger partial charge >= 0.3 is 6.03 Å². The molecule has 1 aromatic carbocycles. The van der Waals surface area contributed by atoms with Gasteiger partial charge in [-0.15, -0.1) is 0 Å². The van der Waals surface area contributed by atoms with E-state index in [4.69, 9.17) is 9.47 Å². The van der Waals surface area contributed by atoms with E-state index in [9.17, 15) is 14.7 Å². The number of nitrogens with one attached hydrogen (secondary N) is 1. The number of carbonyl (C=O) groups excluding carboxylic acids is 2. The topological polar surface area (TPSA) is 91.3 Å². The average molecular weight is 359 g/mol. The van der Waals surface area contributed by atoms with Crippen molar-refractivity contribution in [1.29, 1.82) is 0 Å². The summed E-state index contributed by atoms with van der Waals surface area (Å²) in [5, 5.41) is 12.5. The molecule has 4 aliphatic rings. The number of fused-ring (bicyclic) bond motifs is 4. The first-order valence-electron chi connectivity index (χ1n) is 8.89. The first-order chi connectivity index (χ1) is 12.6. The minimum Gasteiger partial charge on any atom is -0.393 e. The predicted octanol–water partition coefficient (Wildman–Crippen LogP) is -0.129. The van der Waals surface area contributed by atoms with E-state index in [0.717, 1.165) is 5.56 Å². The van der Waals surface area contributed by atoms with Crippen molar-refractivity contribution < 1.29 is 24.2 Å². The molecular formula is C18H21N3O5. The normalized spacial score (nSPS) is 40.8. The highest BCUT2D eigenvalue weighted by molar-refractivity contribution is 5.98. The van der Waals surface area contributed by atoms with Crippen molar-refractivity contribution in [1.82, 2.24) is 15.1 Å². The summed E-state index contributed by atoms with van der Waals surface area (Å²) in [6.07, 6.45) is -1.24. The zero-order valence-electron chi connectivity index (χ0n) is 14.4. The molecule has 3 amide bonds. The number of aliphatic hydroxyl groups excluding tert-OH is 1. The number of nitrogens with zero attached hydrogens (tertiary/aromatic N) is 2. The number of imide groups is 1. The van der Waals surface area contributed by atoms with E-state index >= 15 is 0 Å². The van der Waals surface area contributed by atoms with Crippen molar-refractivity contribution in [2.24, 2.45) is 5.92 Å². The number of benzene rings is 1. The Morgan fingerprint density at radius 2 is 2.12 bits per heavy atom. The molecule has 1 aromatic rings. The summed E-state index contributed by atoms with van der Waals surface area (Å²) >= 11 is 0. The van der Waals surface area contributed by atoms with Gasteiger partial charge in [-0.1, -0.05) is 37.3 Å². The molecule has 8 nitrogen and oxygen atoms in total. The lowest BCUT2D eigenvalue weighted by molar-refractivity contribution is -0.143. The number of urea groups is 1. The van der Waals surface area contributed by atoms with Crippen LogP contribution in [0.5, 0.6) is 0 Å². The molecule has 0 aliphatic carbocycles. The van der Waals surface area contributed by atoms with Crippen molar-refractivity contribution in [3.63, 3.8) is 0 Å². The van der Waals surface area contributed by atoms with Gasteiger partial charge in [0.1, 0.15) is 17.9 Å². The molecule has 4 fully saturated rings. The molecule has 0 aromatic heterocycles. The number of ether oxygens (including phenoxy) is 2. The van der Waals surface area contributed by atoms with Crippen LogP contribution < -0.4 is 5.32 Å². The number of carbonyl (C=O) groups is 2. The van der Waals surface area contributed by atoms with Crippen molar-refractivity contribution >= 4 is 11.9 Å². The maximum absolute atomic E-state index is 12.4. The molecule has 4 heterocycles. The second kappa shape index (κ2) is 5.50. The van der Waals surface area contributed by atoms with Crippen molar-refractivity contribution in [2.45, 2.75) is 43.7 Å². The van der Waals surface area contributed by atoms with Gasteiger partial charge in [0.25, 0.3) is 0 Å². The predicted molar refractivity (Wildman–Crippen MR) is 88.5 cm³/mol. The molecule has 6 atom stereocenters. The number of hydrogen-bond donors (Lipinski definition) is 2. The van der Waals surface area contributed by atoms with Gasteiger partial charge in [0.15, 0.2) is 6.23 Å². The van der Waals surface area contributed by atoms with Crippen LogP contribution in [0.15, 0.2) is 30.3 Å². The molecule has 0 radical (unpaired) electrons. The van der Waals surface area contributed by atoms with Crippen molar-refractivity contribution in [2.75, 3.05) is 13.2 Å². The SMILES string of the molecule is C[C@H]1C(=O)NC(=O)N2[C@@H]3O[C@]4(CO)CN([C@H]3[C@H]4OCc3ccccc3)[C@H]12. The third-order valence-electron chi connectivity index (χ3n) is 6.07. The van der Waals surface area contributed by atoms with E-state index in [-0.39, 0.29) is 36.7 Å². The Labute approximate surface area is 150 Å². The zero-order chi connectivity index (χ0) is 18.1. The zero-order valence-corrected chi connectivity index (χ0v) is 14.4. The molecule has 8 heteroatoms. The third-order valence-corrected chi connectivity index (χ3v) is 6.07. The average Bonchev–Trinajstić information content (AvgIpc) is 3.19. The number of aliphatic hydroxyl groups is 1. The van der Waals surface area contributed by atoms with E-state index in [1.165, 1.54) is 0 Å². The molecule has 26 heavy (non-hydrogen) atoms. The van der Waals surface area contributed by atoms with Crippen LogP contribution in [-0.2, 0) is 20.9 Å². The molecule has 4 aliphatic heterocycles. The van der Waals surface area contributed by atoms with E-state index in [1.807, 2.05) is 37.3 Å². The molecule has 0 spiro atoms. The Hall–Kier alpha value is -2.00. The largest absolute Gasteiger partial charge is 0.393 e. The first-order valence-corrected chi connectivity index (χ1v) is 8.89. The maximum Gasteiger partial charge on any atom is 0.327 e. The highest BCUT2D eigenvalue weighted by Gasteiger charge is 2.73. The Balaban J connectivity index is 1.45. The first kappa shape index (κ1) is 16.2. The Bertz CT molecular complexity index is 758. The smallest absolute Gasteiger partial charge is 0.327 e. The Morgan fingerprint density at radius 3 is 2.85 bits per heavy atom. The summed E-state index contributed by atoms with van der Waals surface area (Å²) in [7, 11) is 0. The molecule has 0 saturated carbocycles. The fourth-order valence-corrected chi connectivity index (χ4v) is 4.89. The monoisotopic (exact) mass is 359 g/mol. The summed E-state index contributed by atoms with van der Waals surface area (Å²) in [5.74, 6) is -0.646. The Morgan fingerprint density at radius 1 is 1.35 bits per heavy atom. The van der Waals surface area contributed by atoms with Gasteiger partial charge < -0.3 is 14.6 Å². The number of amides is 3. The summed E-state index contributed by atoms with van der Waals surface area (Å²) in [5.41, 5.74) is 0.165. The van der Waals surface area contributed by atoms with E-state index in [2.05, 4.69) is 10.2 Å². The number of morpholine rings is 1. The fraction of sp³-hybridized carbons (Fsp3) is 0.556. The van der Waals surface area contributed by atoms with Crippen molar-refractivity contribution in [3.05, 3.63) is 35.9 Å². The van der Waals surface area contributed by atoms with Gasteiger partial charge in [0.05, 0.1) is 25.2 Å². The van der Waals surface area contributed by atoms with Crippen molar-refractivity contribution in [3.8, 4) is 0 Å². The minimum absolute atomic E-state index is 0.185. The quantitative estimate of drug-likeness (QED) is 0.778. The van der Waals surface area contributed by atoms with Crippen LogP contribution in [-0.4, -0.2) is 70.1 Å². The summed E-state index contributed by atoms with van der Waals surface area (Å²) in [4.78, 5) is 28.2. The molecule has 2 N–H and O–H groups in total. The standard InChI is InChI=1S/C18H21N3O5/c1-10-14(23)19-17(24)21-15(10)20-8-18(9-22)13(12(20)16(21)26-18)25-7-11-5-3-2-4-6-11/h2-6,10,12-13,15-16,22H,7-9H2,1H3,(H,19,23,24)/t10-,12-,13+,15-,16+,18-/m0/s1. The van der Waals surface area contributed by atoms with Crippen LogP contribution in [0.1, 0.15) is 12.5 Å². The van der Waals surface area contributed by atoms with Gasteiger partial charge in [-0.2, -0.15) is 0 Å². The highest BCUT2D eigenvalue weighted by Crippen LogP contribution is 2.52. The van der Waals surface area contributed by atoms with Crippen LogP contribution >= 0.6 is 0 Å². The van der Waals surface area contributed by atoms with E-state index < -0.39 is 17.9 Å². The maximum atomic E-state index is 12.4. The van der Waals surface area contributed by atoms with Crippen LogP contribution in [0, 0.1) is 5.92 Å². The van der Waals surface area contributed by atoms with Crippen LogP contribution in [0.2, 0.25) is 0 Å². The second-order valence-electron chi connectivity index (χ2n) is 7.52. The molecular weight excluding hydrogens is 338 g/mol. The van der Waals surface area contributed by atoms with Crippen LogP contribution in [0.4, 0.5) is 4.79 Å². The van der Waals surface area contributed by atoms with Crippen LogP contribution in [0.25, 0.3) is 0 Å². The summed E-state index contributed by atoms with van der Waals surface area (Å²) < 4.78 is 12.3. The molecule has 0 unspecified atom stereocenters. The van der Waals surface area contributed by atoms with Gasteiger partial charge in [-0.05, 0) is 5.56 Å². The fourth-order valence-electron chi connectivity index (χ4n) is 4.89. The van der Waals surface area contributed by atoms with Gasteiger partial charge in [0.2, 0.25) is 5.91 Å². The molecule has 2 bridgehead atoms. The lowest BCUT2D eigenvalue weighted by Gasteiger charge is -2.36. The van der Waals surface area contributed by atoms with E-state index in [1.54, 1.807) is 4.90 Å². The van der Waals surface area contributed by atoms with Gasteiger partial charge in [-0.3, -0.25) is 19.9 Å². The summed E-state index contributed by atoms with van der Waals surface area (Å²) in [6.45, 7) is 2.46. The second-order valence-corrected chi connectivity index (χ2v) is 7.52. The summed E-state index contributed by atoms with van der Waals surface area (Å²) in [6, 6.07) is 9.19. The van der Waals surface area contributed by atoms with Gasteiger partial charge in [0, 0.05) is 6.54 Å². The molecule has 138 valence electrons. The molecule has 4 saturated heterocycles. The lowest BCUT2D eigenvalue weighted by Crippen LogP contribution is -2.61. The molecule has 5 rings (SSSR count). The number of hydrogen-bond acceptors (Lipinski definition) is 6. The van der Waals surface area contributed by atoms with Crippen LogP contribution in [0.3, 0.4) is 0 Å². The lowest BCUT2D eigenvalue weighted by atomic mass is 9.99. The van der Waals surface area contributed by atoms with E-state index in [0.29, 0.717) is 13.2 Å².